The van der Waals surface area contributed by atoms with Gasteiger partial charge in [-0.1, -0.05) is 18.2 Å². The van der Waals surface area contributed by atoms with Gasteiger partial charge in [-0.2, -0.15) is 0 Å². The number of hydrogen-bond acceptors (Lipinski definition) is 6. The lowest BCUT2D eigenvalue weighted by Gasteiger charge is -2.11. The average molecular weight is 402 g/mol. The molecule has 0 radical (unpaired) electrons. The Morgan fingerprint density at radius 1 is 1.14 bits per heavy atom. The first-order valence-electron chi connectivity index (χ1n) is 8.87. The van der Waals surface area contributed by atoms with E-state index in [4.69, 9.17) is 13.9 Å². The fraction of sp³-hybridized carbons (Fsp3) is 0.238. The number of carbonyl (C=O) groups excluding carboxylic acids is 1. The first-order valence-corrected chi connectivity index (χ1v) is 8.87. The van der Waals surface area contributed by atoms with Crippen LogP contribution in [0.25, 0.3) is 11.0 Å². The van der Waals surface area contributed by atoms with Crippen LogP contribution in [0.5, 0.6) is 17.2 Å². The van der Waals surface area contributed by atoms with Crippen molar-refractivity contribution in [2.75, 3.05) is 6.54 Å². The van der Waals surface area contributed by atoms with Gasteiger partial charge < -0.3 is 19.2 Å². The Morgan fingerprint density at radius 3 is 2.64 bits per heavy atom. The molecule has 0 bridgehead atoms. The summed E-state index contributed by atoms with van der Waals surface area (Å²) in [5.41, 5.74) is 0.0792. The minimum absolute atomic E-state index is 0. The molecule has 0 saturated carbocycles. The van der Waals surface area contributed by atoms with E-state index in [-0.39, 0.29) is 35.6 Å². The third-order valence-electron chi connectivity index (χ3n) is 4.51. The fourth-order valence-electron chi connectivity index (χ4n) is 3.13. The molecule has 146 valence electrons. The first-order chi connectivity index (χ1) is 13.1. The largest absolute Gasteiger partial charge is 0.457 e. The Hall–Kier alpha value is -2.83. The van der Waals surface area contributed by atoms with Crippen molar-refractivity contribution in [2.24, 2.45) is 0 Å². The molecule has 4 rings (SSSR count). The minimum Gasteiger partial charge on any atom is -0.457 e. The summed E-state index contributed by atoms with van der Waals surface area (Å²) in [7, 11) is 0. The van der Waals surface area contributed by atoms with Crippen LogP contribution < -0.4 is 20.2 Å². The van der Waals surface area contributed by atoms with E-state index in [1.165, 1.54) is 0 Å². The van der Waals surface area contributed by atoms with E-state index in [2.05, 4.69) is 5.32 Å². The monoisotopic (exact) mass is 401 g/mol. The van der Waals surface area contributed by atoms with Gasteiger partial charge in [0.15, 0.2) is 0 Å². The highest BCUT2D eigenvalue weighted by Crippen LogP contribution is 2.27. The van der Waals surface area contributed by atoms with Crippen LogP contribution in [-0.2, 0) is 4.79 Å². The maximum absolute atomic E-state index is 12.8. The molecule has 6 nitrogen and oxygen atoms in total. The Kier molecular flexibility index (Phi) is 6.02. The Bertz CT molecular complexity index is 1040. The highest BCUT2D eigenvalue weighted by molar-refractivity contribution is 5.85. The number of nitrogens with one attached hydrogen (secondary N) is 1. The molecule has 28 heavy (non-hydrogen) atoms. The molecular formula is C21H20ClNO5. The van der Waals surface area contributed by atoms with Crippen molar-refractivity contribution in [1.82, 2.24) is 5.32 Å². The second-order valence-electron chi connectivity index (χ2n) is 6.46. The van der Waals surface area contributed by atoms with Gasteiger partial charge in [-0.05, 0) is 50.6 Å². The molecule has 1 fully saturated rings. The molecule has 0 spiro atoms. The van der Waals surface area contributed by atoms with Crippen molar-refractivity contribution in [2.45, 2.75) is 25.8 Å². The van der Waals surface area contributed by atoms with E-state index < -0.39 is 0 Å². The molecule has 1 saturated heterocycles. The molecule has 1 aromatic heterocycles. The predicted octanol–water partition coefficient (Wildman–Crippen LogP) is 3.97. The lowest BCUT2D eigenvalue weighted by molar-refractivity contribution is -0.136. The summed E-state index contributed by atoms with van der Waals surface area (Å²) in [5, 5.41) is 3.46. The number of para-hydroxylation sites is 1. The standard InChI is InChI=1S/C21H19NO5.ClH/c1-13-20(26-14-6-3-2-4-7-14)19(23)16-10-9-15(12-18(16)25-13)27-21(24)17-8-5-11-22-17;/h2-4,6-7,9-10,12,17,22H,5,8,11H2,1H3;1H/t17-;/m1./s1. The van der Waals surface area contributed by atoms with Crippen LogP contribution in [0, 0.1) is 6.92 Å². The van der Waals surface area contributed by atoms with E-state index in [1.54, 1.807) is 37.3 Å². The zero-order chi connectivity index (χ0) is 18.8. The summed E-state index contributed by atoms with van der Waals surface area (Å²) in [4.78, 5) is 24.9. The molecule has 7 heteroatoms. The summed E-state index contributed by atoms with van der Waals surface area (Å²) in [6.45, 7) is 2.48. The van der Waals surface area contributed by atoms with Crippen LogP contribution in [0.15, 0.2) is 57.7 Å². The molecule has 1 aliphatic rings. The number of hydrogen-bond donors (Lipinski definition) is 1. The van der Waals surface area contributed by atoms with Gasteiger partial charge in [-0.3, -0.25) is 4.79 Å². The molecule has 1 atom stereocenters. The van der Waals surface area contributed by atoms with Crippen LogP contribution in [0.4, 0.5) is 0 Å². The van der Waals surface area contributed by atoms with Crippen molar-refractivity contribution in [1.29, 1.82) is 0 Å². The first kappa shape index (κ1) is 19.9. The van der Waals surface area contributed by atoms with Crippen molar-refractivity contribution in [3.05, 3.63) is 64.5 Å². The molecule has 2 aromatic carbocycles. The zero-order valence-electron chi connectivity index (χ0n) is 15.3. The molecule has 0 amide bonds. The number of carbonyl (C=O) groups is 1. The van der Waals surface area contributed by atoms with Crippen molar-refractivity contribution >= 4 is 29.3 Å². The minimum atomic E-state index is -0.324. The van der Waals surface area contributed by atoms with Crippen LogP contribution in [0.2, 0.25) is 0 Å². The zero-order valence-corrected chi connectivity index (χ0v) is 16.1. The van der Waals surface area contributed by atoms with E-state index in [0.717, 1.165) is 19.4 Å². The smallest absolute Gasteiger partial charge is 0.328 e. The van der Waals surface area contributed by atoms with E-state index in [0.29, 0.717) is 28.2 Å². The SMILES string of the molecule is Cc1oc2cc(OC(=O)[C@H]3CCCN3)ccc2c(=O)c1Oc1ccccc1.Cl. The second kappa shape index (κ2) is 8.46. The fourth-order valence-corrected chi connectivity index (χ4v) is 3.13. The lowest BCUT2D eigenvalue weighted by atomic mass is 10.2. The summed E-state index contributed by atoms with van der Waals surface area (Å²) in [6.07, 6.45) is 1.72. The van der Waals surface area contributed by atoms with Crippen LogP contribution in [0.3, 0.4) is 0 Å². The van der Waals surface area contributed by atoms with Gasteiger partial charge in [0.2, 0.25) is 11.2 Å². The molecule has 0 aliphatic carbocycles. The molecule has 0 unspecified atom stereocenters. The summed E-state index contributed by atoms with van der Waals surface area (Å²) in [6, 6.07) is 13.5. The summed E-state index contributed by atoms with van der Waals surface area (Å²) in [5.74, 6) is 1.09. The van der Waals surface area contributed by atoms with Crippen molar-refractivity contribution in [3.63, 3.8) is 0 Å². The van der Waals surface area contributed by atoms with E-state index in [9.17, 15) is 9.59 Å². The van der Waals surface area contributed by atoms with Gasteiger partial charge in [0.05, 0.1) is 5.39 Å². The van der Waals surface area contributed by atoms with Crippen LogP contribution in [-0.4, -0.2) is 18.6 Å². The van der Waals surface area contributed by atoms with Gasteiger partial charge in [-0.15, -0.1) is 12.4 Å². The summed E-state index contributed by atoms with van der Waals surface area (Å²) >= 11 is 0. The Balaban J connectivity index is 0.00000225. The quantitative estimate of drug-likeness (QED) is 0.526. The Morgan fingerprint density at radius 2 is 1.93 bits per heavy atom. The third-order valence-corrected chi connectivity index (χ3v) is 4.51. The predicted molar refractivity (Wildman–Crippen MR) is 108 cm³/mol. The highest BCUT2D eigenvalue weighted by Gasteiger charge is 2.24. The molecule has 1 N–H and O–H groups in total. The number of halogens is 1. The number of esters is 1. The molecule has 1 aliphatic heterocycles. The summed E-state index contributed by atoms with van der Waals surface area (Å²) < 4.78 is 16.9. The van der Waals surface area contributed by atoms with Gasteiger partial charge >= 0.3 is 5.97 Å². The average Bonchev–Trinajstić information content (AvgIpc) is 3.21. The van der Waals surface area contributed by atoms with Crippen molar-refractivity contribution in [3.8, 4) is 17.2 Å². The van der Waals surface area contributed by atoms with E-state index in [1.807, 2.05) is 18.2 Å². The van der Waals surface area contributed by atoms with Gasteiger partial charge in [0.25, 0.3) is 0 Å². The maximum Gasteiger partial charge on any atom is 0.328 e. The topological polar surface area (TPSA) is 77.8 Å². The maximum atomic E-state index is 12.8. The van der Waals surface area contributed by atoms with Gasteiger partial charge in [0, 0.05) is 6.07 Å². The number of benzene rings is 2. The number of ether oxygens (including phenoxy) is 2. The molecule has 3 aromatic rings. The molecule has 2 heterocycles. The Labute approximate surface area is 167 Å². The number of fused-ring (bicyclic) bond motifs is 1. The number of rotatable bonds is 4. The second-order valence-corrected chi connectivity index (χ2v) is 6.46. The third kappa shape index (κ3) is 4.03. The number of aryl methyl sites for hydroxylation is 1. The molecular weight excluding hydrogens is 382 g/mol. The lowest BCUT2D eigenvalue weighted by Crippen LogP contribution is -2.34. The van der Waals surface area contributed by atoms with Crippen molar-refractivity contribution < 1.29 is 18.7 Å². The van der Waals surface area contributed by atoms with Crippen LogP contribution >= 0.6 is 12.4 Å². The van der Waals surface area contributed by atoms with Gasteiger partial charge in [-0.25, -0.2) is 4.79 Å². The van der Waals surface area contributed by atoms with Gasteiger partial charge in [0.1, 0.15) is 28.9 Å². The highest BCUT2D eigenvalue weighted by atomic mass is 35.5. The normalized spacial score (nSPS) is 15.8. The van der Waals surface area contributed by atoms with E-state index >= 15 is 0 Å². The van der Waals surface area contributed by atoms with Crippen LogP contribution in [0.1, 0.15) is 18.6 Å².